The molecular weight excluding hydrogens is 435 g/mol. The second-order valence-corrected chi connectivity index (χ2v) is 8.46. The Morgan fingerprint density at radius 2 is 1.85 bits per heavy atom. The van der Waals surface area contributed by atoms with Gasteiger partial charge in [-0.15, -0.1) is 0 Å². The van der Waals surface area contributed by atoms with Crippen LogP contribution in [0.5, 0.6) is 5.75 Å². The van der Waals surface area contributed by atoms with Gasteiger partial charge >= 0.3 is 0 Å². The summed E-state index contributed by atoms with van der Waals surface area (Å²) in [5.41, 5.74) is 2.76. The number of carbonyl (C=O) groups excluding carboxylic acids is 1. The zero-order chi connectivity index (χ0) is 23.3. The SMILES string of the molecule is O=C(COc1ccccc1)N1CCc2nc(Cc3cccc(F)c3)nc(N3CCOCC3)c2C1. The van der Waals surface area contributed by atoms with Crippen LogP contribution < -0.4 is 9.64 Å². The number of fused-ring (bicyclic) bond motifs is 1. The third kappa shape index (κ3) is 5.17. The van der Waals surface area contributed by atoms with Crippen molar-refractivity contribution >= 4 is 11.7 Å². The number of morpholine rings is 1. The standard InChI is InChI=1S/C26H27FN4O3/c27-20-6-4-5-19(15-20)16-24-28-23-9-10-31(25(32)18-34-21-7-2-1-3-8-21)17-22(23)26(29-24)30-11-13-33-14-12-30/h1-8,15H,9-14,16-18H2. The van der Waals surface area contributed by atoms with E-state index in [4.69, 9.17) is 19.4 Å². The maximum Gasteiger partial charge on any atom is 0.260 e. The fourth-order valence-corrected chi connectivity index (χ4v) is 4.36. The Morgan fingerprint density at radius 3 is 2.65 bits per heavy atom. The summed E-state index contributed by atoms with van der Waals surface area (Å²) < 4.78 is 24.9. The molecule has 2 aromatic carbocycles. The number of halogens is 1. The molecule has 176 valence electrons. The van der Waals surface area contributed by atoms with Gasteiger partial charge in [0.15, 0.2) is 6.61 Å². The quantitative estimate of drug-likeness (QED) is 0.561. The maximum atomic E-state index is 13.7. The van der Waals surface area contributed by atoms with Gasteiger partial charge in [0.2, 0.25) is 0 Å². The Balaban J connectivity index is 1.37. The molecule has 0 bridgehead atoms. The highest BCUT2D eigenvalue weighted by Crippen LogP contribution is 2.28. The van der Waals surface area contributed by atoms with Gasteiger partial charge in [0.25, 0.3) is 5.91 Å². The summed E-state index contributed by atoms with van der Waals surface area (Å²) in [6.45, 7) is 3.73. The van der Waals surface area contributed by atoms with Crippen molar-refractivity contribution < 1.29 is 18.7 Å². The van der Waals surface area contributed by atoms with E-state index < -0.39 is 0 Å². The van der Waals surface area contributed by atoms with Crippen molar-refractivity contribution in [1.82, 2.24) is 14.9 Å². The van der Waals surface area contributed by atoms with Crippen molar-refractivity contribution in [1.29, 1.82) is 0 Å². The number of hydrogen-bond acceptors (Lipinski definition) is 6. The molecule has 0 radical (unpaired) electrons. The summed E-state index contributed by atoms with van der Waals surface area (Å²) in [6, 6.07) is 15.9. The van der Waals surface area contributed by atoms with Crippen molar-refractivity contribution in [3.8, 4) is 5.75 Å². The van der Waals surface area contributed by atoms with Crippen molar-refractivity contribution in [2.75, 3.05) is 44.4 Å². The highest BCUT2D eigenvalue weighted by molar-refractivity contribution is 5.78. The summed E-state index contributed by atoms with van der Waals surface area (Å²) in [4.78, 5) is 26.6. The second-order valence-electron chi connectivity index (χ2n) is 8.46. The van der Waals surface area contributed by atoms with Gasteiger partial charge < -0.3 is 19.3 Å². The lowest BCUT2D eigenvalue weighted by Crippen LogP contribution is -2.42. The van der Waals surface area contributed by atoms with Gasteiger partial charge in [-0.3, -0.25) is 4.79 Å². The molecule has 0 N–H and O–H groups in total. The average Bonchev–Trinajstić information content (AvgIpc) is 2.88. The topological polar surface area (TPSA) is 67.8 Å². The zero-order valence-electron chi connectivity index (χ0n) is 19.0. The van der Waals surface area contributed by atoms with Crippen LogP contribution in [0.4, 0.5) is 10.2 Å². The van der Waals surface area contributed by atoms with Crippen LogP contribution in [-0.2, 0) is 28.9 Å². The Kier molecular flexibility index (Phi) is 6.67. The first-order valence-corrected chi connectivity index (χ1v) is 11.6. The predicted octanol–water partition coefficient (Wildman–Crippen LogP) is 3.01. The van der Waals surface area contributed by atoms with Gasteiger partial charge in [0, 0.05) is 38.0 Å². The van der Waals surface area contributed by atoms with Gasteiger partial charge in [0.1, 0.15) is 23.2 Å². The molecule has 5 rings (SSSR count). The molecule has 7 nitrogen and oxygen atoms in total. The normalized spacial score (nSPS) is 15.7. The molecule has 3 aromatic rings. The fraction of sp³-hybridized carbons (Fsp3) is 0.346. The molecule has 2 aliphatic rings. The smallest absolute Gasteiger partial charge is 0.260 e. The van der Waals surface area contributed by atoms with Crippen LogP contribution in [0, 0.1) is 5.82 Å². The molecular formula is C26H27FN4O3. The molecule has 0 spiro atoms. The minimum atomic E-state index is -0.268. The van der Waals surface area contributed by atoms with Crippen LogP contribution in [0.25, 0.3) is 0 Å². The third-order valence-corrected chi connectivity index (χ3v) is 6.10. The lowest BCUT2D eigenvalue weighted by molar-refractivity contribution is -0.134. The summed E-state index contributed by atoms with van der Waals surface area (Å²) >= 11 is 0. The largest absolute Gasteiger partial charge is 0.484 e. The fourth-order valence-electron chi connectivity index (χ4n) is 4.36. The van der Waals surface area contributed by atoms with E-state index in [9.17, 15) is 9.18 Å². The van der Waals surface area contributed by atoms with Gasteiger partial charge in [-0.1, -0.05) is 30.3 Å². The summed E-state index contributed by atoms with van der Waals surface area (Å²) in [5, 5.41) is 0. The van der Waals surface area contributed by atoms with E-state index in [1.807, 2.05) is 41.3 Å². The van der Waals surface area contributed by atoms with Gasteiger partial charge in [-0.2, -0.15) is 0 Å². The Hall–Kier alpha value is -3.52. The minimum absolute atomic E-state index is 0.00918. The average molecular weight is 463 g/mol. The molecule has 0 saturated carbocycles. The van der Waals surface area contributed by atoms with Gasteiger partial charge in [-0.25, -0.2) is 14.4 Å². The van der Waals surface area contributed by atoms with E-state index >= 15 is 0 Å². The van der Waals surface area contributed by atoms with Crippen LogP contribution in [-0.4, -0.2) is 60.2 Å². The molecule has 2 aliphatic heterocycles. The molecule has 34 heavy (non-hydrogen) atoms. The summed E-state index contributed by atoms with van der Waals surface area (Å²) in [6.07, 6.45) is 1.10. The molecule has 0 unspecified atom stereocenters. The van der Waals surface area contributed by atoms with E-state index in [0.29, 0.717) is 50.7 Å². The Labute approximate surface area is 198 Å². The number of hydrogen-bond donors (Lipinski definition) is 0. The first-order valence-electron chi connectivity index (χ1n) is 11.6. The van der Waals surface area contributed by atoms with E-state index in [-0.39, 0.29) is 18.3 Å². The third-order valence-electron chi connectivity index (χ3n) is 6.10. The first kappa shape index (κ1) is 22.3. The maximum absolute atomic E-state index is 13.7. The molecule has 1 saturated heterocycles. The first-order chi connectivity index (χ1) is 16.7. The number of rotatable bonds is 6. The van der Waals surface area contributed by atoms with E-state index in [1.165, 1.54) is 12.1 Å². The van der Waals surface area contributed by atoms with Crippen molar-refractivity contribution in [3.05, 3.63) is 83.1 Å². The predicted molar refractivity (Wildman–Crippen MR) is 125 cm³/mol. The van der Waals surface area contributed by atoms with Crippen molar-refractivity contribution in [2.24, 2.45) is 0 Å². The number of amides is 1. The van der Waals surface area contributed by atoms with Crippen molar-refractivity contribution in [2.45, 2.75) is 19.4 Å². The number of carbonyl (C=O) groups is 1. The highest BCUT2D eigenvalue weighted by atomic mass is 19.1. The van der Waals surface area contributed by atoms with Gasteiger partial charge in [-0.05, 0) is 29.8 Å². The minimum Gasteiger partial charge on any atom is -0.484 e. The molecule has 0 aliphatic carbocycles. The van der Waals surface area contributed by atoms with Crippen LogP contribution in [0.3, 0.4) is 0 Å². The summed E-state index contributed by atoms with van der Waals surface area (Å²) in [5.74, 6) is 1.86. The number of para-hydroxylation sites is 1. The summed E-state index contributed by atoms with van der Waals surface area (Å²) in [7, 11) is 0. The molecule has 0 atom stereocenters. The number of ether oxygens (including phenoxy) is 2. The van der Waals surface area contributed by atoms with Crippen LogP contribution >= 0.6 is 0 Å². The number of nitrogens with zero attached hydrogens (tertiary/aromatic N) is 4. The number of aromatic nitrogens is 2. The molecule has 8 heteroatoms. The van der Waals surface area contributed by atoms with E-state index in [0.717, 1.165) is 35.7 Å². The molecule has 1 amide bonds. The van der Waals surface area contributed by atoms with E-state index in [2.05, 4.69) is 4.90 Å². The number of benzene rings is 2. The van der Waals surface area contributed by atoms with Crippen molar-refractivity contribution in [3.63, 3.8) is 0 Å². The molecule has 1 aromatic heterocycles. The molecule has 3 heterocycles. The molecule has 1 fully saturated rings. The van der Waals surface area contributed by atoms with E-state index in [1.54, 1.807) is 6.07 Å². The van der Waals surface area contributed by atoms with Crippen LogP contribution in [0.2, 0.25) is 0 Å². The Bertz CT molecular complexity index is 1150. The van der Waals surface area contributed by atoms with Crippen LogP contribution in [0.15, 0.2) is 54.6 Å². The number of anilines is 1. The van der Waals surface area contributed by atoms with Crippen LogP contribution in [0.1, 0.15) is 22.6 Å². The Morgan fingerprint density at radius 1 is 1.03 bits per heavy atom. The zero-order valence-corrected chi connectivity index (χ0v) is 19.0. The highest BCUT2D eigenvalue weighted by Gasteiger charge is 2.28. The monoisotopic (exact) mass is 462 g/mol. The lowest BCUT2D eigenvalue weighted by Gasteiger charge is -2.34. The van der Waals surface area contributed by atoms with Gasteiger partial charge in [0.05, 0.1) is 25.5 Å². The lowest BCUT2D eigenvalue weighted by atomic mass is 10.0. The second kappa shape index (κ2) is 10.2.